The zero-order chi connectivity index (χ0) is 14.1. The molecule has 1 aliphatic heterocycles. The smallest absolute Gasteiger partial charge is 0.262 e. The molecule has 3 rings (SSSR count). The largest absolute Gasteiger partial charge is 0.482 e. The maximum Gasteiger partial charge on any atom is 0.262 e. The van der Waals surface area contributed by atoms with Crippen LogP contribution in [0.1, 0.15) is 15.9 Å². The highest BCUT2D eigenvalue weighted by molar-refractivity contribution is 9.10. The highest BCUT2D eigenvalue weighted by Crippen LogP contribution is 2.29. The fourth-order valence-corrected chi connectivity index (χ4v) is 2.42. The summed E-state index contributed by atoms with van der Waals surface area (Å²) in [6, 6.07) is 12.2. The minimum Gasteiger partial charge on any atom is -0.482 e. The molecule has 0 saturated carbocycles. The minimum absolute atomic E-state index is 0.00588. The van der Waals surface area contributed by atoms with Crippen LogP contribution in [-0.2, 0) is 4.79 Å². The standard InChI is InChI=1S/C15H10BrNO3/c16-11-3-1-2-9(6-11)15(19)10-4-5-13-12(7-10)17-14(18)8-20-13/h1-7H,8H2,(H,17,18). The molecule has 20 heavy (non-hydrogen) atoms. The first-order valence-electron chi connectivity index (χ1n) is 6.00. The van der Waals surface area contributed by atoms with Gasteiger partial charge in [-0.1, -0.05) is 28.1 Å². The van der Waals surface area contributed by atoms with Gasteiger partial charge in [-0.25, -0.2) is 0 Å². The second-order valence-electron chi connectivity index (χ2n) is 4.39. The zero-order valence-corrected chi connectivity index (χ0v) is 11.9. The topological polar surface area (TPSA) is 55.4 Å². The first kappa shape index (κ1) is 12.9. The van der Waals surface area contributed by atoms with Gasteiger partial charge in [0.15, 0.2) is 12.4 Å². The van der Waals surface area contributed by atoms with Crippen LogP contribution in [0.5, 0.6) is 5.75 Å². The Morgan fingerprint density at radius 3 is 2.75 bits per heavy atom. The Balaban J connectivity index is 1.97. The molecule has 0 saturated heterocycles. The van der Waals surface area contributed by atoms with Crippen LogP contribution < -0.4 is 10.1 Å². The monoisotopic (exact) mass is 331 g/mol. The lowest BCUT2D eigenvalue weighted by molar-refractivity contribution is -0.118. The van der Waals surface area contributed by atoms with Crippen LogP contribution in [0, 0.1) is 0 Å². The summed E-state index contributed by atoms with van der Waals surface area (Å²) < 4.78 is 6.11. The Morgan fingerprint density at radius 2 is 1.95 bits per heavy atom. The number of halogens is 1. The van der Waals surface area contributed by atoms with Gasteiger partial charge in [0, 0.05) is 15.6 Å². The third-order valence-corrected chi connectivity index (χ3v) is 3.45. The van der Waals surface area contributed by atoms with Gasteiger partial charge in [-0.3, -0.25) is 9.59 Å². The van der Waals surface area contributed by atoms with E-state index in [9.17, 15) is 9.59 Å². The highest BCUT2D eigenvalue weighted by Gasteiger charge is 2.18. The van der Waals surface area contributed by atoms with Crippen molar-refractivity contribution < 1.29 is 14.3 Å². The van der Waals surface area contributed by atoms with E-state index in [4.69, 9.17) is 4.74 Å². The van der Waals surface area contributed by atoms with Crippen LogP contribution >= 0.6 is 15.9 Å². The van der Waals surface area contributed by atoms with Crippen LogP contribution in [0.4, 0.5) is 5.69 Å². The van der Waals surface area contributed by atoms with Gasteiger partial charge in [0.1, 0.15) is 5.75 Å². The fraction of sp³-hybridized carbons (Fsp3) is 0.0667. The lowest BCUT2D eigenvalue weighted by atomic mass is 10.0. The second-order valence-corrected chi connectivity index (χ2v) is 5.30. The van der Waals surface area contributed by atoms with Crippen molar-refractivity contribution in [1.82, 2.24) is 0 Å². The molecule has 5 heteroatoms. The number of ketones is 1. The number of nitrogens with one attached hydrogen (secondary N) is 1. The van der Waals surface area contributed by atoms with Crippen molar-refractivity contribution in [2.24, 2.45) is 0 Å². The molecule has 1 N–H and O–H groups in total. The molecule has 1 amide bonds. The molecular formula is C15H10BrNO3. The number of carbonyl (C=O) groups excluding carboxylic acids is 2. The van der Waals surface area contributed by atoms with Crippen molar-refractivity contribution in [3.8, 4) is 5.75 Å². The normalized spacial score (nSPS) is 13.2. The van der Waals surface area contributed by atoms with Crippen LogP contribution in [0.25, 0.3) is 0 Å². The van der Waals surface area contributed by atoms with E-state index in [0.717, 1.165) is 4.47 Å². The average molecular weight is 332 g/mol. The number of rotatable bonds is 2. The van der Waals surface area contributed by atoms with E-state index in [0.29, 0.717) is 22.6 Å². The van der Waals surface area contributed by atoms with Crippen LogP contribution in [0.3, 0.4) is 0 Å². The average Bonchev–Trinajstić information content (AvgIpc) is 2.45. The highest BCUT2D eigenvalue weighted by atomic mass is 79.9. The molecule has 0 unspecified atom stereocenters. The van der Waals surface area contributed by atoms with Gasteiger partial charge in [0.05, 0.1) is 5.69 Å². The Labute approximate surface area is 123 Å². The maximum absolute atomic E-state index is 12.4. The van der Waals surface area contributed by atoms with E-state index in [1.54, 1.807) is 36.4 Å². The molecule has 100 valence electrons. The number of fused-ring (bicyclic) bond motifs is 1. The molecule has 0 bridgehead atoms. The molecule has 0 aliphatic carbocycles. The number of ether oxygens (including phenoxy) is 1. The maximum atomic E-state index is 12.4. The van der Waals surface area contributed by atoms with E-state index in [1.165, 1.54) is 0 Å². The summed E-state index contributed by atoms with van der Waals surface area (Å²) in [4.78, 5) is 23.7. The molecule has 2 aromatic carbocycles. The van der Waals surface area contributed by atoms with Crippen LogP contribution in [-0.4, -0.2) is 18.3 Å². The lowest BCUT2D eigenvalue weighted by Crippen LogP contribution is -2.25. The van der Waals surface area contributed by atoms with Crippen molar-refractivity contribution in [2.45, 2.75) is 0 Å². The third kappa shape index (κ3) is 2.44. The predicted molar refractivity (Wildman–Crippen MR) is 78.1 cm³/mol. The van der Waals surface area contributed by atoms with Gasteiger partial charge >= 0.3 is 0 Å². The summed E-state index contributed by atoms with van der Waals surface area (Å²) in [6.45, 7) is 0.00588. The van der Waals surface area contributed by atoms with E-state index in [2.05, 4.69) is 21.2 Å². The van der Waals surface area contributed by atoms with Gasteiger partial charge in [-0.15, -0.1) is 0 Å². The number of benzene rings is 2. The Morgan fingerprint density at radius 1 is 1.15 bits per heavy atom. The van der Waals surface area contributed by atoms with Gasteiger partial charge < -0.3 is 10.1 Å². The van der Waals surface area contributed by atoms with Crippen molar-refractivity contribution in [3.05, 3.63) is 58.1 Å². The summed E-state index contributed by atoms with van der Waals surface area (Å²) in [5, 5.41) is 2.69. The minimum atomic E-state index is -0.218. The molecule has 2 aromatic rings. The number of anilines is 1. The van der Waals surface area contributed by atoms with E-state index in [-0.39, 0.29) is 18.3 Å². The van der Waals surface area contributed by atoms with Crippen LogP contribution in [0.15, 0.2) is 46.9 Å². The fourth-order valence-electron chi connectivity index (χ4n) is 2.02. The number of hydrogen-bond acceptors (Lipinski definition) is 3. The number of hydrogen-bond donors (Lipinski definition) is 1. The lowest BCUT2D eigenvalue weighted by Gasteiger charge is -2.18. The van der Waals surface area contributed by atoms with E-state index in [1.807, 2.05) is 6.07 Å². The summed E-state index contributed by atoms with van der Waals surface area (Å²) >= 11 is 3.34. The van der Waals surface area contributed by atoms with Crippen molar-refractivity contribution in [2.75, 3.05) is 11.9 Å². The Hall–Kier alpha value is -2.14. The Kier molecular flexibility index (Phi) is 3.28. The van der Waals surface area contributed by atoms with E-state index >= 15 is 0 Å². The van der Waals surface area contributed by atoms with Crippen molar-refractivity contribution in [3.63, 3.8) is 0 Å². The summed E-state index contributed by atoms with van der Waals surface area (Å²) in [7, 11) is 0. The second kappa shape index (κ2) is 5.09. The number of amides is 1. The first-order valence-corrected chi connectivity index (χ1v) is 6.80. The summed E-state index contributed by atoms with van der Waals surface area (Å²) in [5.74, 6) is 0.258. The molecule has 0 spiro atoms. The van der Waals surface area contributed by atoms with Crippen molar-refractivity contribution in [1.29, 1.82) is 0 Å². The molecule has 0 atom stereocenters. The van der Waals surface area contributed by atoms with Gasteiger partial charge in [-0.05, 0) is 30.3 Å². The predicted octanol–water partition coefficient (Wildman–Crippen LogP) is 3.01. The molecule has 0 radical (unpaired) electrons. The van der Waals surface area contributed by atoms with E-state index < -0.39 is 0 Å². The molecule has 4 nitrogen and oxygen atoms in total. The molecule has 1 aliphatic rings. The molecule has 0 aromatic heterocycles. The number of carbonyl (C=O) groups is 2. The molecule has 0 fully saturated rings. The first-order chi connectivity index (χ1) is 9.63. The summed E-state index contributed by atoms with van der Waals surface area (Å²) in [5.41, 5.74) is 1.62. The third-order valence-electron chi connectivity index (χ3n) is 2.96. The SMILES string of the molecule is O=C1COc2ccc(C(=O)c3cccc(Br)c3)cc2N1. The molecule has 1 heterocycles. The Bertz CT molecular complexity index is 712. The van der Waals surface area contributed by atoms with Crippen LogP contribution in [0.2, 0.25) is 0 Å². The van der Waals surface area contributed by atoms with Gasteiger partial charge in [0.2, 0.25) is 0 Å². The molecular weight excluding hydrogens is 322 g/mol. The quantitative estimate of drug-likeness (QED) is 0.860. The summed E-state index contributed by atoms with van der Waals surface area (Å²) in [6.07, 6.45) is 0. The van der Waals surface area contributed by atoms with Gasteiger partial charge in [-0.2, -0.15) is 0 Å². The van der Waals surface area contributed by atoms with Crippen molar-refractivity contribution >= 4 is 33.3 Å². The van der Waals surface area contributed by atoms with Gasteiger partial charge in [0.25, 0.3) is 5.91 Å². The zero-order valence-electron chi connectivity index (χ0n) is 10.4.